The third-order valence-corrected chi connectivity index (χ3v) is 5.85. The van der Waals surface area contributed by atoms with Crippen LogP contribution in [0.2, 0.25) is 0 Å². The monoisotopic (exact) mass is 375 g/mol. The van der Waals surface area contributed by atoms with Crippen LogP contribution in [0.15, 0.2) is 42.5 Å². The summed E-state index contributed by atoms with van der Waals surface area (Å²) in [6.07, 6.45) is 1.62. The van der Waals surface area contributed by atoms with Crippen LogP contribution in [0.1, 0.15) is 35.5 Å². The summed E-state index contributed by atoms with van der Waals surface area (Å²) in [5.74, 6) is 0.909. The van der Waals surface area contributed by atoms with Gasteiger partial charge >= 0.3 is 0 Å². The van der Waals surface area contributed by atoms with Gasteiger partial charge in [-0.15, -0.1) is 10.2 Å². The standard InChI is InChI=1S/C22H25N5O/c1-14-8-21-20(6-7-22-25-24-15(2)27(21)22)26(14)13-17-5-3-4-16(9-17)12-23-18-10-19(28)11-18/h3-9,18-19,23,28H,10-13H2,1-2H3/t18-,19-. The minimum atomic E-state index is -0.116. The van der Waals surface area contributed by atoms with Crippen molar-refractivity contribution in [3.05, 3.63) is 65.1 Å². The van der Waals surface area contributed by atoms with Crippen molar-refractivity contribution in [2.24, 2.45) is 0 Å². The second kappa shape index (κ2) is 6.72. The van der Waals surface area contributed by atoms with Gasteiger partial charge in [0.25, 0.3) is 0 Å². The van der Waals surface area contributed by atoms with Crippen molar-refractivity contribution in [3.63, 3.8) is 0 Å². The number of pyridine rings is 1. The number of aliphatic hydroxyl groups excluding tert-OH is 1. The average molecular weight is 375 g/mol. The molecule has 0 spiro atoms. The minimum absolute atomic E-state index is 0.116. The van der Waals surface area contributed by atoms with E-state index in [1.165, 1.54) is 22.3 Å². The van der Waals surface area contributed by atoms with E-state index >= 15 is 0 Å². The summed E-state index contributed by atoms with van der Waals surface area (Å²) in [7, 11) is 0. The molecule has 2 N–H and O–H groups in total. The molecule has 1 saturated carbocycles. The molecule has 0 bridgehead atoms. The molecule has 5 rings (SSSR count). The van der Waals surface area contributed by atoms with Crippen molar-refractivity contribution in [1.29, 1.82) is 0 Å². The van der Waals surface area contributed by atoms with Crippen LogP contribution in [-0.4, -0.2) is 36.4 Å². The van der Waals surface area contributed by atoms with Gasteiger partial charge in [0.1, 0.15) is 5.82 Å². The quantitative estimate of drug-likeness (QED) is 0.563. The Kier molecular flexibility index (Phi) is 4.18. The fraction of sp³-hybridized carbons (Fsp3) is 0.364. The van der Waals surface area contributed by atoms with Crippen LogP contribution in [0.25, 0.3) is 16.7 Å². The van der Waals surface area contributed by atoms with E-state index in [4.69, 9.17) is 0 Å². The Balaban J connectivity index is 1.42. The van der Waals surface area contributed by atoms with E-state index in [0.717, 1.165) is 42.9 Å². The molecule has 6 heteroatoms. The van der Waals surface area contributed by atoms with E-state index in [1.54, 1.807) is 0 Å². The van der Waals surface area contributed by atoms with Crippen LogP contribution in [-0.2, 0) is 13.1 Å². The minimum Gasteiger partial charge on any atom is -0.393 e. The molecule has 1 aliphatic rings. The molecule has 4 aromatic rings. The van der Waals surface area contributed by atoms with E-state index in [1.807, 2.05) is 13.0 Å². The second-order valence-corrected chi connectivity index (χ2v) is 7.94. The van der Waals surface area contributed by atoms with E-state index in [0.29, 0.717) is 6.04 Å². The first-order valence-corrected chi connectivity index (χ1v) is 9.88. The predicted molar refractivity (Wildman–Crippen MR) is 109 cm³/mol. The lowest BCUT2D eigenvalue weighted by Gasteiger charge is -2.32. The van der Waals surface area contributed by atoms with Crippen molar-refractivity contribution in [2.45, 2.75) is 51.9 Å². The zero-order valence-corrected chi connectivity index (χ0v) is 16.3. The molecule has 3 aromatic heterocycles. The summed E-state index contributed by atoms with van der Waals surface area (Å²) in [5, 5.41) is 21.4. The van der Waals surface area contributed by atoms with E-state index in [9.17, 15) is 5.11 Å². The lowest BCUT2D eigenvalue weighted by molar-refractivity contribution is 0.0619. The molecule has 0 amide bonds. The van der Waals surface area contributed by atoms with Crippen molar-refractivity contribution < 1.29 is 5.11 Å². The Hall–Kier alpha value is -2.70. The van der Waals surface area contributed by atoms with Crippen LogP contribution in [0.5, 0.6) is 0 Å². The number of hydrogen-bond donors (Lipinski definition) is 2. The molecule has 0 saturated heterocycles. The molecule has 0 radical (unpaired) electrons. The Labute approximate surface area is 163 Å². The zero-order chi connectivity index (χ0) is 19.3. The Morgan fingerprint density at radius 2 is 1.86 bits per heavy atom. The molecule has 144 valence electrons. The second-order valence-electron chi connectivity index (χ2n) is 7.94. The molecular formula is C22H25N5O. The van der Waals surface area contributed by atoms with E-state index < -0.39 is 0 Å². The van der Waals surface area contributed by atoms with Crippen molar-refractivity contribution in [3.8, 4) is 0 Å². The number of rotatable bonds is 5. The summed E-state index contributed by atoms with van der Waals surface area (Å²) in [6.45, 7) is 5.82. The van der Waals surface area contributed by atoms with Gasteiger partial charge in [0.2, 0.25) is 0 Å². The lowest BCUT2D eigenvalue weighted by Crippen LogP contribution is -2.43. The van der Waals surface area contributed by atoms with Gasteiger partial charge < -0.3 is 15.0 Å². The molecule has 0 aliphatic heterocycles. The fourth-order valence-corrected chi connectivity index (χ4v) is 4.22. The maximum Gasteiger partial charge on any atom is 0.161 e. The first-order valence-electron chi connectivity index (χ1n) is 9.88. The highest BCUT2D eigenvalue weighted by Crippen LogP contribution is 2.24. The molecule has 0 atom stereocenters. The largest absolute Gasteiger partial charge is 0.393 e. The number of nitrogens with zero attached hydrogens (tertiary/aromatic N) is 4. The van der Waals surface area contributed by atoms with Gasteiger partial charge in [-0.1, -0.05) is 24.3 Å². The molecule has 1 fully saturated rings. The summed E-state index contributed by atoms with van der Waals surface area (Å²) in [6, 6.07) is 15.6. The summed E-state index contributed by atoms with van der Waals surface area (Å²) in [5.41, 5.74) is 7.02. The van der Waals surface area contributed by atoms with Crippen molar-refractivity contribution in [2.75, 3.05) is 0 Å². The third kappa shape index (κ3) is 2.99. The molecule has 1 aromatic carbocycles. The fourth-order valence-electron chi connectivity index (χ4n) is 4.22. The van der Waals surface area contributed by atoms with Gasteiger partial charge in [0.05, 0.1) is 17.1 Å². The van der Waals surface area contributed by atoms with E-state index in [-0.39, 0.29) is 6.10 Å². The maximum atomic E-state index is 9.43. The van der Waals surface area contributed by atoms with Crippen LogP contribution >= 0.6 is 0 Å². The number of hydrogen-bond acceptors (Lipinski definition) is 4. The number of nitrogens with one attached hydrogen (secondary N) is 1. The molecule has 1 aliphatic carbocycles. The van der Waals surface area contributed by atoms with Gasteiger partial charge in [-0.3, -0.25) is 4.40 Å². The number of aryl methyl sites for hydroxylation is 2. The summed E-state index contributed by atoms with van der Waals surface area (Å²) < 4.78 is 4.47. The topological polar surface area (TPSA) is 67.4 Å². The normalized spacial score (nSPS) is 19.4. The van der Waals surface area contributed by atoms with Gasteiger partial charge in [-0.05, 0) is 56.0 Å². The van der Waals surface area contributed by atoms with Gasteiger partial charge in [-0.2, -0.15) is 0 Å². The Bertz CT molecular complexity index is 1150. The maximum absolute atomic E-state index is 9.43. The molecule has 28 heavy (non-hydrogen) atoms. The SMILES string of the molecule is Cc1cc2c(ccc3nnc(C)n32)n1Cc1cccc(CN[C@H]2C[C@H](O)C2)c1. The van der Waals surface area contributed by atoms with Crippen LogP contribution in [0.3, 0.4) is 0 Å². The van der Waals surface area contributed by atoms with Crippen molar-refractivity contribution >= 4 is 16.7 Å². The number of aliphatic hydroxyl groups is 1. The Morgan fingerprint density at radius 3 is 2.68 bits per heavy atom. The lowest BCUT2D eigenvalue weighted by atomic mass is 9.89. The smallest absolute Gasteiger partial charge is 0.161 e. The van der Waals surface area contributed by atoms with Gasteiger partial charge in [0, 0.05) is 24.8 Å². The number of aromatic nitrogens is 4. The average Bonchev–Trinajstić information content (AvgIpc) is 3.18. The first kappa shape index (κ1) is 17.4. The Morgan fingerprint density at radius 1 is 1.04 bits per heavy atom. The molecule has 3 heterocycles. The predicted octanol–water partition coefficient (Wildman–Crippen LogP) is 2.96. The van der Waals surface area contributed by atoms with E-state index in [2.05, 4.69) is 67.8 Å². The van der Waals surface area contributed by atoms with Crippen molar-refractivity contribution in [1.82, 2.24) is 24.5 Å². The highest BCUT2D eigenvalue weighted by atomic mass is 16.3. The van der Waals surface area contributed by atoms with Crippen LogP contribution in [0, 0.1) is 13.8 Å². The number of benzene rings is 1. The van der Waals surface area contributed by atoms with Crippen LogP contribution in [0.4, 0.5) is 0 Å². The number of fused-ring (bicyclic) bond motifs is 3. The van der Waals surface area contributed by atoms with Gasteiger partial charge in [-0.25, -0.2) is 0 Å². The molecule has 6 nitrogen and oxygen atoms in total. The summed E-state index contributed by atoms with van der Waals surface area (Å²) in [4.78, 5) is 0. The molecule has 0 unspecified atom stereocenters. The van der Waals surface area contributed by atoms with Crippen LogP contribution < -0.4 is 5.32 Å². The summed E-state index contributed by atoms with van der Waals surface area (Å²) >= 11 is 0. The molecular weight excluding hydrogens is 350 g/mol. The zero-order valence-electron chi connectivity index (χ0n) is 16.3. The van der Waals surface area contributed by atoms with Gasteiger partial charge in [0.15, 0.2) is 5.65 Å². The highest BCUT2D eigenvalue weighted by molar-refractivity contribution is 5.81. The first-order chi connectivity index (χ1) is 13.6. The third-order valence-electron chi connectivity index (χ3n) is 5.85. The highest BCUT2D eigenvalue weighted by Gasteiger charge is 2.26.